The van der Waals surface area contributed by atoms with Crippen LogP contribution in [0.4, 0.5) is 0 Å². The number of carbonyl (C=O) groups excluding carboxylic acids is 1. The van der Waals surface area contributed by atoms with Gasteiger partial charge in [-0.3, -0.25) is 4.79 Å². The van der Waals surface area contributed by atoms with Crippen LogP contribution in [0.1, 0.15) is 48.8 Å². The van der Waals surface area contributed by atoms with Crippen molar-refractivity contribution in [2.24, 2.45) is 0 Å². The maximum absolute atomic E-state index is 12.4. The number of hydrogen-bond donors (Lipinski definition) is 1. The van der Waals surface area contributed by atoms with Gasteiger partial charge in [0, 0.05) is 30.1 Å². The molecule has 0 aromatic carbocycles. The predicted octanol–water partition coefficient (Wildman–Crippen LogP) is 3.23. The van der Waals surface area contributed by atoms with Crippen molar-refractivity contribution >= 4 is 34.6 Å². The SMILES string of the molecule is Cc1csc(C2CCN(C(=O)c3ccc(C(=O)O)s3)CC2)n1. The molecule has 7 heteroatoms. The zero-order valence-corrected chi connectivity index (χ0v) is 13.7. The smallest absolute Gasteiger partial charge is 0.345 e. The monoisotopic (exact) mass is 336 g/mol. The number of carbonyl (C=O) groups is 2. The molecule has 2 aromatic rings. The van der Waals surface area contributed by atoms with E-state index in [1.165, 1.54) is 6.07 Å². The lowest BCUT2D eigenvalue weighted by molar-refractivity contribution is 0.0699. The van der Waals surface area contributed by atoms with Crippen molar-refractivity contribution in [3.05, 3.63) is 38.0 Å². The molecule has 3 rings (SSSR count). The Kier molecular flexibility index (Phi) is 4.26. The van der Waals surface area contributed by atoms with Gasteiger partial charge < -0.3 is 10.0 Å². The van der Waals surface area contributed by atoms with Crippen LogP contribution in [0.5, 0.6) is 0 Å². The van der Waals surface area contributed by atoms with Gasteiger partial charge in [-0.25, -0.2) is 9.78 Å². The zero-order chi connectivity index (χ0) is 15.7. The Morgan fingerprint density at radius 3 is 2.50 bits per heavy atom. The second-order valence-electron chi connectivity index (χ2n) is 5.36. The molecule has 0 radical (unpaired) electrons. The molecule has 0 bridgehead atoms. The van der Waals surface area contributed by atoms with Crippen LogP contribution in [0, 0.1) is 6.92 Å². The van der Waals surface area contributed by atoms with Gasteiger partial charge >= 0.3 is 5.97 Å². The Morgan fingerprint density at radius 1 is 1.27 bits per heavy atom. The summed E-state index contributed by atoms with van der Waals surface area (Å²) < 4.78 is 0. The van der Waals surface area contributed by atoms with Gasteiger partial charge in [0.05, 0.1) is 9.88 Å². The largest absolute Gasteiger partial charge is 0.477 e. The Balaban J connectivity index is 1.63. The lowest BCUT2D eigenvalue weighted by Gasteiger charge is -2.30. The Hall–Kier alpha value is -1.73. The summed E-state index contributed by atoms with van der Waals surface area (Å²) in [5, 5.41) is 12.2. The van der Waals surface area contributed by atoms with Crippen LogP contribution in [-0.4, -0.2) is 40.0 Å². The molecule has 3 heterocycles. The number of carboxylic acids is 1. The number of aromatic nitrogens is 1. The molecule has 0 aliphatic carbocycles. The number of carboxylic acid groups (broad SMARTS) is 1. The number of likely N-dealkylation sites (tertiary alicyclic amines) is 1. The summed E-state index contributed by atoms with van der Waals surface area (Å²) in [5.41, 5.74) is 1.05. The highest BCUT2D eigenvalue weighted by Crippen LogP contribution is 2.31. The molecule has 1 amide bonds. The van der Waals surface area contributed by atoms with Crippen LogP contribution in [0.15, 0.2) is 17.5 Å². The topological polar surface area (TPSA) is 70.5 Å². The molecule has 116 valence electrons. The van der Waals surface area contributed by atoms with E-state index in [2.05, 4.69) is 10.4 Å². The third-order valence-electron chi connectivity index (χ3n) is 3.80. The molecule has 0 spiro atoms. The summed E-state index contributed by atoms with van der Waals surface area (Å²) in [6, 6.07) is 3.10. The maximum Gasteiger partial charge on any atom is 0.345 e. The van der Waals surface area contributed by atoms with Crippen LogP contribution in [0.3, 0.4) is 0 Å². The lowest BCUT2D eigenvalue weighted by Crippen LogP contribution is -2.37. The number of aryl methyl sites for hydroxylation is 1. The highest BCUT2D eigenvalue weighted by Gasteiger charge is 2.27. The van der Waals surface area contributed by atoms with Gasteiger partial charge in [-0.1, -0.05) is 0 Å². The summed E-state index contributed by atoms with van der Waals surface area (Å²) >= 11 is 2.73. The van der Waals surface area contributed by atoms with Crippen molar-refractivity contribution in [1.82, 2.24) is 9.88 Å². The number of rotatable bonds is 3. The van der Waals surface area contributed by atoms with E-state index in [1.54, 1.807) is 17.4 Å². The fourth-order valence-corrected chi connectivity index (χ4v) is 4.39. The van der Waals surface area contributed by atoms with Gasteiger partial charge in [0.2, 0.25) is 0 Å². The van der Waals surface area contributed by atoms with Crippen LogP contribution in [0.25, 0.3) is 0 Å². The Morgan fingerprint density at radius 2 is 1.95 bits per heavy atom. The first-order valence-electron chi connectivity index (χ1n) is 7.09. The number of hydrogen-bond acceptors (Lipinski definition) is 5. The fraction of sp³-hybridized carbons (Fsp3) is 0.400. The average Bonchev–Trinajstić information content (AvgIpc) is 3.16. The van der Waals surface area contributed by atoms with Crippen molar-refractivity contribution in [1.29, 1.82) is 0 Å². The zero-order valence-electron chi connectivity index (χ0n) is 12.1. The highest BCUT2D eigenvalue weighted by molar-refractivity contribution is 7.15. The van der Waals surface area contributed by atoms with E-state index in [0.717, 1.165) is 34.9 Å². The molecule has 0 saturated carbocycles. The first-order chi connectivity index (χ1) is 10.5. The third-order valence-corrected chi connectivity index (χ3v) is 5.98. The van der Waals surface area contributed by atoms with E-state index in [1.807, 2.05) is 11.8 Å². The molecule has 1 aliphatic heterocycles. The van der Waals surface area contributed by atoms with Crippen LogP contribution in [-0.2, 0) is 0 Å². The van der Waals surface area contributed by atoms with E-state index in [9.17, 15) is 9.59 Å². The first-order valence-corrected chi connectivity index (χ1v) is 8.78. The molecule has 0 atom stereocenters. The second kappa shape index (κ2) is 6.18. The first kappa shape index (κ1) is 15.2. The van der Waals surface area contributed by atoms with Crippen molar-refractivity contribution in [3.8, 4) is 0 Å². The van der Waals surface area contributed by atoms with Gasteiger partial charge in [-0.2, -0.15) is 0 Å². The number of piperidine rings is 1. The Labute approximate surface area is 136 Å². The van der Waals surface area contributed by atoms with Gasteiger partial charge in [0.15, 0.2) is 0 Å². The normalized spacial score (nSPS) is 16.0. The van der Waals surface area contributed by atoms with E-state index in [-0.39, 0.29) is 10.8 Å². The summed E-state index contributed by atoms with van der Waals surface area (Å²) in [4.78, 5) is 30.4. The van der Waals surface area contributed by atoms with Gasteiger partial charge in [-0.15, -0.1) is 22.7 Å². The summed E-state index contributed by atoms with van der Waals surface area (Å²) in [6.07, 6.45) is 1.83. The quantitative estimate of drug-likeness (QED) is 0.934. The van der Waals surface area contributed by atoms with Crippen LogP contribution < -0.4 is 0 Å². The standard InChI is InChI=1S/C15H16N2O3S2/c1-9-8-21-13(16-9)10-4-6-17(7-5-10)14(18)11-2-3-12(22-11)15(19)20/h2-3,8,10H,4-7H2,1H3,(H,19,20). The fourth-order valence-electron chi connectivity index (χ4n) is 2.61. The van der Waals surface area contributed by atoms with Crippen molar-refractivity contribution in [2.45, 2.75) is 25.7 Å². The maximum atomic E-state index is 12.4. The molecule has 22 heavy (non-hydrogen) atoms. The van der Waals surface area contributed by atoms with E-state index >= 15 is 0 Å². The summed E-state index contributed by atoms with van der Waals surface area (Å²) in [5.74, 6) is -0.617. The number of aromatic carboxylic acids is 1. The molecule has 1 fully saturated rings. The van der Waals surface area contributed by atoms with E-state index in [4.69, 9.17) is 5.11 Å². The van der Waals surface area contributed by atoms with Gasteiger partial charge in [-0.05, 0) is 31.9 Å². The number of amides is 1. The van der Waals surface area contributed by atoms with Gasteiger partial charge in [0.1, 0.15) is 4.88 Å². The summed E-state index contributed by atoms with van der Waals surface area (Å²) in [7, 11) is 0. The third kappa shape index (κ3) is 3.05. The number of thiophene rings is 1. The predicted molar refractivity (Wildman–Crippen MR) is 86.0 cm³/mol. The molecule has 1 N–H and O–H groups in total. The minimum Gasteiger partial charge on any atom is -0.477 e. The summed E-state index contributed by atoms with van der Waals surface area (Å²) in [6.45, 7) is 3.39. The Bertz CT molecular complexity index is 699. The molecular weight excluding hydrogens is 320 g/mol. The molecule has 2 aromatic heterocycles. The van der Waals surface area contributed by atoms with E-state index < -0.39 is 5.97 Å². The molecule has 1 aliphatic rings. The number of thiazole rings is 1. The molecule has 1 saturated heterocycles. The van der Waals surface area contributed by atoms with Crippen LogP contribution in [0.2, 0.25) is 0 Å². The van der Waals surface area contributed by atoms with Crippen molar-refractivity contribution in [3.63, 3.8) is 0 Å². The minimum atomic E-state index is -0.984. The van der Waals surface area contributed by atoms with Crippen molar-refractivity contribution < 1.29 is 14.7 Å². The molecule has 5 nitrogen and oxygen atoms in total. The second-order valence-corrected chi connectivity index (χ2v) is 7.34. The average molecular weight is 336 g/mol. The highest BCUT2D eigenvalue weighted by atomic mass is 32.1. The van der Waals surface area contributed by atoms with Crippen LogP contribution >= 0.6 is 22.7 Å². The molecular formula is C15H16N2O3S2. The lowest BCUT2D eigenvalue weighted by atomic mass is 9.97. The molecule has 0 unspecified atom stereocenters. The number of nitrogens with zero attached hydrogens (tertiary/aromatic N) is 2. The minimum absolute atomic E-state index is 0.0636. The van der Waals surface area contributed by atoms with Gasteiger partial charge in [0.25, 0.3) is 5.91 Å². The van der Waals surface area contributed by atoms with E-state index in [0.29, 0.717) is 23.9 Å². The van der Waals surface area contributed by atoms with Crippen molar-refractivity contribution in [2.75, 3.05) is 13.1 Å².